The molecule has 28 heavy (non-hydrogen) atoms. The van der Waals surface area contributed by atoms with Crippen LogP contribution in [-0.4, -0.2) is 10.9 Å². The van der Waals surface area contributed by atoms with Gasteiger partial charge in [-0.1, -0.05) is 23.7 Å². The molecule has 0 aliphatic heterocycles. The van der Waals surface area contributed by atoms with Crippen molar-refractivity contribution in [2.45, 2.75) is 6.18 Å². The highest BCUT2D eigenvalue weighted by molar-refractivity contribution is 6.30. The van der Waals surface area contributed by atoms with E-state index >= 15 is 0 Å². The summed E-state index contributed by atoms with van der Waals surface area (Å²) in [7, 11) is 0. The Morgan fingerprint density at radius 2 is 1.64 bits per heavy atom. The van der Waals surface area contributed by atoms with Gasteiger partial charge in [-0.15, -0.1) is 0 Å². The molecule has 0 saturated heterocycles. The van der Waals surface area contributed by atoms with E-state index in [1.807, 2.05) is 0 Å². The molecule has 4 nitrogen and oxygen atoms in total. The Morgan fingerprint density at radius 1 is 1.04 bits per heavy atom. The molecule has 0 saturated carbocycles. The second-order valence-electron chi connectivity index (χ2n) is 5.78. The Labute approximate surface area is 162 Å². The highest BCUT2D eigenvalue weighted by Crippen LogP contribution is 2.37. The molecule has 1 aromatic heterocycles. The number of rotatable bonds is 3. The van der Waals surface area contributed by atoms with Gasteiger partial charge in [0, 0.05) is 16.3 Å². The standard InChI is InChI=1S/C19H12ClF4N3O/c20-11-3-1-10(2-4-11)15-9-14(19(22,23)24)16(17(25)27-15)18(28)26-13-7-5-12(21)6-8-13/h1-9H,(H2,25,27)(H,26,28). The Balaban J connectivity index is 2.06. The average Bonchev–Trinajstić information content (AvgIpc) is 2.62. The number of hydrogen-bond acceptors (Lipinski definition) is 3. The van der Waals surface area contributed by atoms with Crippen LogP contribution < -0.4 is 11.1 Å². The molecule has 144 valence electrons. The third kappa shape index (κ3) is 4.23. The summed E-state index contributed by atoms with van der Waals surface area (Å²) in [6, 6.07) is 11.3. The number of aromatic nitrogens is 1. The van der Waals surface area contributed by atoms with Crippen LogP contribution in [0, 0.1) is 5.82 Å². The highest BCUT2D eigenvalue weighted by Gasteiger charge is 2.37. The molecule has 3 rings (SSSR count). The number of carbonyl (C=O) groups excluding carboxylic acids is 1. The van der Waals surface area contributed by atoms with Crippen LogP contribution in [-0.2, 0) is 6.18 Å². The number of nitrogens with zero attached hydrogens (tertiary/aromatic N) is 1. The van der Waals surface area contributed by atoms with Crippen LogP contribution in [0.2, 0.25) is 5.02 Å². The first-order valence-electron chi connectivity index (χ1n) is 7.86. The molecule has 0 aliphatic carbocycles. The number of nitrogen functional groups attached to an aromatic ring is 1. The van der Waals surface area contributed by atoms with Crippen LogP contribution in [0.25, 0.3) is 11.3 Å². The van der Waals surface area contributed by atoms with Gasteiger partial charge in [0.2, 0.25) is 0 Å². The van der Waals surface area contributed by atoms with Crippen LogP contribution >= 0.6 is 11.6 Å². The summed E-state index contributed by atoms with van der Waals surface area (Å²) in [5, 5.41) is 2.67. The molecule has 0 atom stereocenters. The smallest absolute Gasteiger partial charge is 0.383 e. The molecule has 1 amide bonds. The average molecular weight is 410 g/mol. The van der Waals surface area contributed by atoms with Crippen molar-refractivity contribution < 1.29 is 22.4 Å². The van der Waals surface area contributed by atoms with Crippen molar-refractivity contribution in [3.63, 3.8) is 0 Å². The number of nitrogens with one attached hydrogen (secondary N) is 1. The maximum atomic E-state index is 13.6. The van der Waals surface area contributed by atoms with E-state index in [1.165, 1.54) is 36.4 Å². The zero-order valence-electron chi connectivity index (χ0n) is 14.0. The SMILES string of the molecule is Nc1nc(-c2ccc(Cl)cc2)cc(C(F)(F)F)c1C(=O)Nc1ccc(F)cc1. The first-order valence-corrected chi connectivity index (χ1v) is 8.23. The Bertz CT molecular complexity index is 1020. The molecule has 1 heterocycles. The second-order valence-corrected chi connectivity index (χ2v) is 6.22. The Hall–Kier alpha value is -3.13. The number of anilines is 2. The third-order valence-electron chi connectivity index (χ3n) is 3.82. The lowest BCUT2D eigenvalue weighted by molar-refractivity contribution is -0.137. The van der Waals surface area contributed by atoms with Crippen LogP contribution in [0.4, 0.5) is 29.1 Å². The number of pyridine rings is 1. The van der Waals surface area contributed by atoms with Crippen molar-refractivity contribution in [3.8, 4) is 11.3 Å². The second kappa shape index (κ2) is 7.47. The topological polar surface area (TPSA) is 68.0 Å². The van der Waals surface area contributed by atoms with Gasteiger partial charge in [0.15, 0.2) is 0 Å². The largest absolute Gasteiger partial charge is 0.417 e. The van der Waals surface area contributed by atoms with E-state index in [4.69, 9.17) is 17.3 Å². The first-order chi connectivity index (χ1) is 13.1. The summed E-state index contributed by atoms with van der Waals surface area (Å²) < 4.78 is 53.8. The van der Waals surface area contributed by atoms with Crippen LogP contribution in [0.5, 0.6) is 0 Å². The molecule has 0 unspecified atom stereocenters. The first kappa shape index (κ1) is 19.6. The minimum absolute atomic E-state index is 0.0557. The van der Waals surface area contributed by atoms with E-state index in [1.54, 1.807) is 0 Å². The summed E-state index contributed by atoms with van der Waals surface area (Å²) in [6.45, 7) is 0. The predicted octanol–water partition coefficient (Wildman–Crippen LogP) is 5.39. The zero-order valence-corrected chi connectivity index (χ0v) is 14.8. The molecule has 0 aliphatic rings. The van der Waals surface area contributed by atoms with Crippen LogP contribution in [0.15, 0.2) is 54.6 Å². The fraction of sp³-hybridized carbons (Fsp3) is 0.0526. The molecule has 9 heteroatoms. The normalized spacial score (nSPS) is 11.3. The van der Waals surface area contributed by atoms with E-state index < -0.39 is 34.8 Å². The lowest BCUT2D eigenvalue weighted by Gasteiger charge is -2.16. The Kier molecular flexibility index (Phi) is 5.24. The van der Waals surface area contributed by atoms with Gasteiger partial charge < -0.3 is 11.1 Å². The van der Waals surface area contributed by atoms with Crippen LogP contribution in [0.1, 0.15) is 15.9 Å². The molecule has 0 spiro atoms. The number of alkyl halides is 3. The van der Waals surface area contributed by atoms with Gasteiger partial charge in [-0.25, -0.2) is 9.37 Å². The molecule has 0 bridgehead atoms. The third-order valence-corrected chi connectivity index (χ3v) is 4.07. The highest BCUT2D eigenvalue weighted by atomic mass is 35.5. The summed E-state index contributed by atoms with van der Waals surface area (Å²) >= 11 is 5.79. The number of halogens is 5. The molecular formula is C19H12ClF4N3O. The van der Waals surface area contributed by atoms with E-state index in [9.17, 15) is 22.4 Å². The summed E-state index contributed by atoms with van der Waals surface area (Å²) in [5.41, 5.74) is 4.07. The van der Waals surface area contributed by atoms with E-state index in [0.29, 0.717) is 10.6 Å². The predicted molar refractivity (Wildman–Crippen MR) is 98.5 cm³/mol. The van der Waals surface area contributed by atoms with Gasteiger partial charge in [-0.05, 0) is 42.5 Å². The van der Waals surface area contributed by atoms with E-state index in [-0.39, 0.29) is 11.4 Å². The van der Waals surface area contributed by atoms with Crippen molar-refractivity contribution in [1.29, 1.82) is 0 Å². The minimum atomic E-state index is -4.85. The molecular weight excluding hydrogens is 398 g/mol. The lowest BCUT2D eigenvalue weighted by atomic mass is 10.0. The van der Waals surface area contributed by atoms with Crippen molar-refractivity contribution in [1.82, 2.24) is 4.98 Å². The van der Waals surface area contributed by atoms with Crippen molar-refractivity contribution in [2.75, 3.05) is 11.1 Å². The maximum absolute atomic E-state index is 13.6. The van der Waals surface area contributed by atoms with Crippen molar-refractivity contribution in [2.24, 2.45) is 0 Å². The fourth-order valence-electron chi connectivity index (χ4n) is 2.52. The van der Waals surface area contributed by atoms with Gasteiger partial charge in [0.25, 0.3) is 5.91 Å². The van der Waals surface area contributed by atoms with Crippen molar-refractivity contribution in [3.05, 3.63) is 76.6 Å². The summed E-state index contributed by atoms with van der Waals surface area (Å²) in [4.78, 5) is 16.4. The van der Waals surface area contributed by atoms with Gasteiger partial charge in [-0.3, -0.25) is 4.79 Å². The lowest BCUT2D eigenvalue weighted by Crippen LogP contribution is -2.22. The number of benzene rings is 2. The fourth-order valence-corrected chi connectivity index (χ4v) is 2.65. The number of amides is 1. The van der Waals surface area contributed by atoms with E-state index in [2.05, 4.69) is 10.3 Å². The zero-order chi connectivity index (χ0) is 20.5. The van der Waals surface area contributed by atoms with Gasteiger partial charge in [-0.2, -0.15) is 13.2 Å². The monoisotopic (exact) mass is 409 g/mol. The number of hydrogen-bond donors (Lipinski definition) is 2. The van der Waals surface area contributed by atoms with E-state index in [0.717, 1.165) is 18.2 Å². The maximum Gasteiger partial charge on any atom is 0.417 e. The van der Waals surface area contributed by atoms with Crippen LogP contribution in [0.3, 0.4) is 0 Å². The molecule has 0 radical (unpaired) electrons. The molecule has 0 fully saturated rings. The molecule has 2 aromatic carbocycles. The van der Waals surface area contributed by atoms with Gasteiger partial charge in [0.05, 0.1) is 16.8 Å². The number of nitrogens with two attached hydrogens (primary N) is 1. The molecule has 3 aromatic rings. The quantitative estimate of drug-likeness (QED) is 0.569. The van der Waals surface area contributed by atoms with Crippen molar-refractivity contribution >= 4 is 29.0 Å². The molecule has 3 N–H and O–H groups in total. The summed E-state index contributed by atoms with van der Waals surface area (Å²) in [5.74, 6) is -2.24. The van der Waals surface area contributed by atoms with Gasteiger partial charge in [0.1, 0.15) is 11.6 Å². The Morgan fingerprint density at radius 3 is 2.21 bits per heavy atom. The van der Waals surface area contributed by atoms with Gasteiger partial charge >= 0.3 is 6.18 Å². The number of carbonyl (C=O) groups is 1. The summed E-state index contributed by atoms with van der Waals surface area (Å²) in [6.07, 6.45) is -4.85. The minimum Gasteiger partial charge on any atom is -0.383 e.